The van der Waals surface area contributed by atoms with Crippen LogP contribution in [0.5, 0.6) is 0 Å². The van der Waals surface area contributed by atoms with Crippen molar-refractivity contribution in [3.8, 4) is 0 Å². The van der Waals surface area contributed by atoms with E-state index in [1.54, 1.807) is 0 Å². The number of rotatable bonds is 0. The van der Waals surface area contributed by atoms with Gasteiger partial charge in [-0.1, -0.05) is 13.8 Å². The Kier molecular flexibility index (Phi) is 2.45. The molecule has 0 amide bonds. The van der Waals surface area contributed by atoms with Gasteiger partial charge in [-0.05, 0) is 61.4 Å². The first-order chi connectivity index (χ1) is 7.37. The zero-order valence-corrected chi connectivity index (χ0v) is 11.1. The van der Waals surface area contributed by atoms with Crippen LogP contribution < -0.4 is 0 Å². The number of Topliss-reactive ketones (excluding diaryl/α,β-unsaturated/α-hetero) is 1. The Morgan fingerprint density at radius 2 is 1.25 bits per heavy atom. The second-order valence-electron chi connectivity index (χ2n) is 5.23. The summed E-state index contributed by atoms with van der Waals surface area (Å²) in [6.45, 7) is 12.8. The monoisotopic (exact) mass is 216 g/mol. The summed E-state index contributed by atoms with van der Waals surface area (Å²) in [4.78, 5) is 12.2. The highest BCUT2D eigenvalue weighted by atomic mass is 16.1. The SMILES string of the molecule is Cc1c(C)c(C)c2c(c1C)C(=O)[C@@H](C)C2C. The summed E-state index contributed by atoms with van der Waals surface area (Å²) in [7, 11) is 0. The Balaban J connectivity index is 2.86. The Labute approximate surface area is 97.9 Å². The van der Waals surface area contributed by atoms with Gasteiger partial charge in [-0.2, -0.15) is 0 Å². The van der Waals surface area contributed by atoms with Gasteiger partial charge in [0.2, 0.25) is 0 Å². The van der Waals surface area contributed by atoms with Crippen molar-refractivity contribution < 1.29 is 4.79 Å². The average molecular weight is 216 g/mol. The van der Waals surface area contributed by atoms with Crippen LogP contribution in [0.25, 0.3) is 0 Å². The molecule has 2 atom stereocenters. The summed E-state index contributed by atoms with van der Waals surface area (Å²) in [6, 6.07) is 0. The van der Waals surface area contributed by atoms with Crippen molar-refractivity contribution in [2.24, 2.45) is 5.92 Å². The third-order valence-electron chi connectivity index (χ3n) is 4.60. The van der Waals surface area contributed by atoms with E-state index in [0.29, 0.717) is 11.7 Å². The second kappa shape index (κ2) is 3.44. The van der Waals surface area contributed by atoms with Crippen LogP contribution >= 0.6 is 0 Å². The Hall–Kier alpha value is -1.11. The van der Waals surface area contributed by atoms with Crippen molar-refractivity contribution >= 4 is 5.78 Å². The first kappa shape index (κ1) is 11.4. The summed E-state index contributed by atoms with van der Waals surface area (Å²) < 4.78 is 0. The van der Waals surface area contributed by atoms with Crippen molar-refractivity contribution in [3.63, 3.8) is 0 Å². The number of carbonyl (C=O) groups excluding carboxylic acids is 1. The fourth-order valence-electron chi connectivity index (χ4n) is 2.93. The molecule has 1 nitrogen and oxygen atoms in total. The van der Waals surface area contributed by atoms with Crippen molar-refractivity contribution in [3.05, 3.63) is 33.4 Å². The zero-order valence-electron chi connectivity index (χ0n) is 11.1. The van der Waals surface area contributed by atoms with Crippen LogP contribution in [0.1, 0.15) is 57.9 Å². The fraction of sp³-hybridized carbons (Fsp3) is 0.533. The predicted molar refractivity (Wildman–Crippen MR) is 67.3 cm³/mol. The number of ketones is 1. The Bertz CT molecular complexity index is 483. The van der Waals surface area contributed by atoms with Crippen LogP contribution in [0.4, 0.5) is 0 Å². The number of fused-ring (bicyclic) bond motifs is 1. The minimum Gasteiger partial charge on any atom is -0.294 e. The van der Waals surface area contributed by atoms with E-state index in [0.717, 1.165) is 5.56 Å². The molecule has 86 valence electrons. The maximum atomic E-state index is 12.2. The van der Waals surface area contributed by atoms with E-state index in [4.69, 9.17) is 0 Å². The lowest BCUT2D eigenvalue weighted by Crippen LogP contribution is -2.07. The van der Waals surface area contributed by atoms with E-state index in [2.05, 4.69) is 41.5 Å². The van der Waals surface area contributed by atoms with E-state index >= 15 is 0 Å². The number of hydrogen-bond donors (Lipinski definition) is 0. The largest absolute Gasteiger partial charge is 0.294 e. The molecule has 0 aromatic heterocycles. The molecule has 0 spiro atoms. The highest BCUT2D eigenvalue weighted by molar-refractivity contribution is 6.05. The van der Waals surface area contributed by atoms with Gasteiger partial charge in [0.15, 0.2) is 5.78 Å². The summed E-state index contributed by atoms with van der Waals surface area (Å²) in [6.07, 6.45) is 0. The van der Waals surface area contributed by atoms with E-state index in [1.807, 2.05) is 0 Å². The van der Waals surface area contributed by atoms with Crippen molar-refractivity contribution in [1.82, 2.24) is 0 Å². The maximum Gasteiger partial charge on any atom is 0.166 e. The standard InChI is InChI=1S/C15H20O/c1-7-8(2)10(4)14-13(9(7)3)11(5)12(6)15(14)16/h11-12H,1-6H3/t11?,12-/m0/s1. The third kappa shape index (κ3) is 1.20. The minimum atomic E-state index is 0.147. The van der Waals surface area contributed by atoms with Gasteiger partial charge in [0.25, 0.3) is 0 Å². The van der Waals surface area contributed by atoms with Gasteiger partial charge in [-0.15, -0.1) is 0 Å². The average Bonchev–Trinajstić information content (AvgIpc) is 2.48. The van der Waals surface area contributed by atoms with Crippen LogP contribution in [0.15, 0.2) is 0 Å². The van der Waals surface area contributed by atoms with E-state index < -0.39 is 0 Å². The molecule has 0 saturated heterocycles. The van der Waals surface area contributed by atoms with Gasteiger partial charge < -0.3 is 0 Å². The highest BCUT2D eigenvalue weighted by Crippen LogP contribution is 2.42. The van der Waals surface area contributed by atoms with Gasteiger partial charge in [0.1, 0.15) is 0 Å². The fourth-order valence-corrected chi connectivity index (χ4v) is 2.93. The topological polar surface area (TPSA) is 17.1 Å². The molecular weight excluding hydrogens is 196 g/mol. The van der Waals surface area contributed by atoms with Gasteiger partial charge in [-0.25, -0.2) is 0 Å². The number of benzene rings is 1. The summed E-state index contributed by atoms with van der Waals surface area (Å²) >= 11 is 0. The molecule has 1 aliphatic carbocycles. The van der Waals surface area contributed by atoms with Crippen LogP contribution in [-0.2, 0) is 0 Å². The molecule has 0 saturated carbocycles. The molecule has 0 radical (unpaired) electrons. The van der Waals surface area contributed by atoms with E-state index in [1.165, 1.54) is 27.8 Å². The highest BCUT2D eigenvalue weighted by Gasteiger charge is 2.37. The lowest BCUT2D eigenvalue weighted by Gasteiger charge is -2.17. The first-order valence-electron chi connectivity index (χ1n) is 6.02. The van der Waals surface area contributed by atoms with Gasteiger partial charge >= 0.3 is 0 Å². The van der Waals surface area contributed by atoms with Gasteiger partial charge in [0, 0.05) is 11.5 Å². The summed E-state index contributed by atoms with van der Waals surface area (Å²) in [5, 5.41) is 0. The van der Waals surface area contributed by atoms with Crippen LogP contribution in [-0.4, -0.2) is 5.78 Å². The molecule has 16 heavy (non-hydrogen) atoms. The lowest BCUT2D eigenvalue weighted by molar-refractivity contribution is 0.0936. The smallest absolute Gasteiger partial charge is 0.166 e. The van der Waals surface area contributed by atoms with Crippen molar-refractivity contribution in [2.75, 3.05) is 0 Å². The van der Waals surface area contributed by atoms with E-state index in [9.17, 15) is 4.79 Å². The maximum absolute atomic E-state index is 12.2. The molecule has 1 heteroatoms. The molecule has 1 aliphatic rings. The molecule has 0 heterocycles. The van der Waals surface area contributed by atoms with Crippen LogP contribution in [0, 0.1) is 33.6 Å². The van der Waals surface area contributed by atoms with Crippen molar-refractivity contribution in [2.45, 2.75) is 47.5 Å². The summed E-state index contributed by atoms with van der Waals surface area (Å²) in [5.41, 5.74) is 7.47. The molecular formula is C15H20O. The molecule has 0 fully saturated rings. The molecule has 0 N–H and O–H groups in total. The Morgan fingerprint density at radius 1 is 0.750 bits per heavy atom. The molecule has 1 unspecified atom stereocenters. The lowest BCUT2D eigenvalue weighted by atomic mass is 9.87. The molecule has 0 bridgehead atoms. The van der Waals surface area contributed by atoms with Gasteiger partial charge in [-0.3, -0.25) is 4.79 Å². The third-order valence-corrected chi connectivity index (χ3v) is 4.60. The molecule has 1 aromatic carbocycles. The molecule has 1 aromatic rings. The van der Waals surface area contributed by atoms with E-state index in [-0.39, 0.29) is 5.92 Å². The predicted octanol–water partition coefficient (Wildman–Crippen LogP) is 3.86. The normalized spacial score (nSPS) is 23.8. The Morgan fingerprint density at radius 3 is 1.81 bits per heavy atom. The van der Waals surface area contributed by atoms with Crippen molar-refractivity contribution in [1.29, 1.82) is 0 Å². The zero-order chi connectivity index (χ0) is 12.2. The van der Waals surface area contributed by atoms with Gasteiger partial charge in [0.05, 0.1) is 0 Å². The summed E-state index contributed by atoms with van der Waals surface area (Å²) in [5.74, 6) is 0.861. The number of carbonyl (C=O) groups is 1. The molecule has 0 aliphatic heterocycles. The number of hydrogen-bond acceptors (Lipinski definition) is 1. The second-order valence-corrected chi connectivity index (χ2v) is 5.23. The quantitative estimate of drug-likeness (QED) is 0.643. The van der Waals surface area contributed by atoms with Crippen LogP contribution in [0.2, 0.25) is 0 Å². The molecule has 2 rings (SSSR count). The first-order valence-corrected chi connectivity index (χ1v) is 6.02. The minimum absolute atomic E-state index is 0.147. The van der Waals surface area contributed by atoms with Crippen LogP contribution in [0.3, 0.4) is 0 Å².